The number of nitrogens with one attached hydrogen (secondary N) is 7. The third kappa shape index (κ3) is 18.6. The molecule has 23 N–H and O–H groups in total. The normalized spacial score (nSPS) is 25.9. The summed E-state index contributed by atoms with van der Waals surface area (Å²) < 4.78 is 28.8. The SMILES string of the molecule is Cc1c(N)nc(C2CC(=O)N2CC(N)C(N)=O)nc1C(=O)NC(C(=O)NC(C)C(O)C(C)C(=O)NC(C(=O)NCCc1nc(-c2nc(C(=O)NCCCNC3CCCC3)cs2)cs1)C(C)O)C(OC1OC(CO)C(O)C(O)C1OC1OC(CO)C(O)C(OC(N)=O)C1O)c1cnc[nH]1. The number of rotatable bonds is 33. The highest BCUT2D eigenvalue weighted by Crippen LogP contribution is 2.36. The highest BCUT2D eigenvalue weighted by Gasteiger charge is 2.54. The summed E-state index contributed by atoms with van der Waals surface area (Å²) in [4.78, 5) is 133. The zero-order valence-corrected chi connectivity index (χ0v) is 55.4. The van der Waals surface area contributed by atoms with Crippen LogP contribution in [0.3, 0.4) is 0 Å². The van der Waals surface area contributed by atoms with E-state index in [2.05, 4.69) is 61.8 Å². The first-order valence-corrected chi connectivity index (χ1v) is 33.3. The molecule has 19 atom stereocenters. The second-order valence-electron chi connectivity index (χ2n) is 24.2. The molecule has 3 aliphatic heterocycles. The molecular formula is C58H85N17O21S2. The number of thiazole rings is 2. The number of aromatic amines is 1. The first-order chi connectivity index (χ1) is 46.6. The van der Waals surface area contributed by atoms with Gasteiger partial charge in [0, 0.05) is 48.4 Å². The van der Waals surface area contributed by atoms with E-state index in [1.165, 1.54) is 76.1 Å². The molecule has 4 aromatic heterocycles. The Balaban J connectivity index is 0.987. The van der Waals surface area contributed by atoms with E-state index in [0.29, 0.717) is 28.3 Å². The molecule has 4 aliphatic rings. The first kappa shape index (κ1) is 76.1. The predicted molar refractivity (Wildman–Crippen MR) is 339 cm³/mol. The van der Waals surface area contributed by atoms with Crippen molar-refractivity contribution in [1.29, 1.82) is 0 Å². The van der Waals surface area contributed by atoms with Crippen LogP contribution in [0.5, 0.6) is 0 Å². The second kappa shape index (κ2) is 34.4. The molecule has 19 unspecified atom stereocenters. The van der Waals surface area contributed by atoms with Crippen molar-refractivity contribution in [2.24, 2.45) is 23.1 Å². The molecule has 0 bridgehead atoms. The average Bonchev–Trinajstić information content (AvgIpc) is 0.975. The van der Waals surface area contributed by atoms with Gasteiger partial charge in [-0.15, -0.1) is 22.7 Å². The molecule has 1 saturated carbocycles. The quantitative estimate of drug-likeness (QED) is 0.0156. The van der Waals surface area contributed by atoms with E-state index in [0.717, 1.165) is 30.4 Å². The molecule has 3 saturated heterocycles. The summed E-state index contributed by atoms with van der Waals surface area (Å²) in [5, 5.41) is 109. The van der Waals surface area contributed by atoms with Crippen molar-refractivity contribution in [3.8, 4) is 10.7 Å². The van der Waals surface area contributed by atoms with Gasteiger partial charge in [0.25, 0.3) is 11.8 Å². The van der Waals surface area contributed by atoms with Crippen LogP contribution >= 0.6 is 22.7 Å². The lowest BCUT2D eigenvalue weighted by atomic mass is 9.96. The summed E-state index contributed by atoms with van der Waals surface area (Å²) in [6.45, 7) is 4.04. The van der Waals surface area contributed by atoms with Gasteiger partial charge in [0.1, 0.15) is 101 Å². The Morgan fingerprint density at radius 1 is 0.796 bits per heavy atom. The Labute approximate surface area is 567 Å². The molecule has 7 heterocycles. The molecule has 98 heavy (non-hydrogen) atoms. The van der Waals surface area contributed by atoms with Crippen molar-refractivity contribution in [2.45, 2.75) is 189 Å². The molecule has 8 amide bonds. The number of aromatic nitrogens is 6. The van der Waals surface area contributed by atoms with Crippen LogP contribution < -0.4 is 54.8 Å². The Kier molecular flexibility index (Phi) is 26.7. The fraction of sp³-hybridized carbons (Fsp3) is 0.638. The second-order valence-corrected chi connectivity index (χ2v) is 26.0. The first-order valence-electron chi connectivity index (χ1n) is 31.6. The van der Waals surface area contributed by atoms with Crippen LogP contribution in [0.2, 0.25) is 0 Å². The number of imidazole rings is 1. The van der Waals surface area contributed by atoms with Crippen LogP contribution in [0.25, 0.3) is 10.7 Å². The number of carbonyl (C=O) groups is 8. The van der Waals surface area contributed by atoms with Crippen LogP contribution in [-0.2, 0) is 54.1 Å². The van der Waals surface area contributed by atoms with Gasteiger partial charge in [0.2, 0.25) is 29.5 Å². The molecule has 0 aromatic carbocycles. The van der Waals surface area contributed by atoms with Gasteiger partial charge < -0.3 is 129 Å². The van der Waals surface area contributed by atoms with Gasteiger partial charge in [0.05, 0.1) is 67.0 Å². The summed E-state index contributed by atoms with van der Waals surface area (Å²) in [6.07, 6.45) is -19.0. The van der Waals surface area contributed by atoms with Gasteiger partial charge in [-0.1, -0.05) is 19.8 Å². The average molecular weight is 1420 g/mol. The van der Waals surface area contributed by atoms with Crippen molar-refractivity contribution in [2.75, 3.05) is 45.1 Å². The number of carbonyl (C=O) groups excluding carboxylic acids is 8. The number of amides is 8. The number of ether oxygens (including phenoxy) is 5. The van der Waals surface area contributed by atoms with Crippen molar-refractivity contribution in [3.63, 3.8) is 0 Å². The van der Waals surface area contributed by atoms with Crippen molar-refractivity contribution < 1.29 is 103 Å². The number of nitrogens with zero attached hydrogens (tertiary/aromatic N) is 6. The van der Waals surface area contributed by atoms with E-state index >= 15 is 4.79 Å². The molecule has 0 spiro atoms. The summed E-state index contributed by atoms with van der Waals surface area (Å²) in [6, 6.07) is -6.97. The van der Waals surface area contributed by atoms with Crippen molar-refractivity contribution in [1.82, 2.24) is 66.7 Å². The lowest BCUT2D eigenvalue weighted by Gasteiger charge is -2.47. The Hall–Kier alpha value is -7.65. The minimum absolute atomic E-state index is 0.000737. The maximum Gasteiger partial charge on any atom is 0.404 e. The third-order valence-electron chi connectivity index (χ3n) is 17.1. The van der Waals surface area contributed by atoms with Crippen LogP contribution in [0.15, 0.2) is 23.3 Å². The molecular weight excluding hydrogens is 1330 g/mol. The van der Waals surface area contributed by atoms with E-state index < -0.39 is 176 Å². The lowest BCUT2D eigenvalue weighted by Crippen LogP contribution is -2.65. The predicted octanol–water partition coefficient (Wildman–Crippen LogP) is -6.28. The standard InChI is InChI=1S/C58H85N17O21S2/c1-22-36(71-49(74-47(22)60)31-14-35(79)75(31)16-27(59)48(61)85)53(89)73-38(44(28-15-63-21-67-28)94-57-46(42(83)40(81)32(17-76)93-57)95-56-43(84)45(96-58(62)91)41(82)33(18-77)92-56)54(90)68-24(3)39(80)23(2)50(86)72-37(25(4)78)52(88)66-13-10-34-69-30(20-97-34)55-70-29(19-98-55)51(87)65-12-7-11-64-26-8-5-6-9-26/h15,19-21,23-27,31-33,37-46,56-57,64,76-78,80-84H,5-14,16-18,59H2,1-4H3,(H2,61,85)(H2,62,91)(H,63,67)(H,65,87)(H,66,88)(H,68,90)(H,72,86)(H,73,89)(H2,60,71,74). The zero-order chi connectivity index (χ0) is 71.4. The van der Waals surface area contributed by atoms with Crippen LogP contribution in [0, 0.1) is 12.8 Å². The molecule has 540 valence electrons. The number of hydrogen-bond donors (Lipinski definition) is 19. The van der Waals surface area contributed by atoms with E-state index in [9.17, 15) is 74.4 Å². The fourth-order valence-corrected chi connectivity index (χ4v) is 13.0. The molecule has 8 rings (SSSR count). The van der Waals surface area contributed by atoms with Crippen molar-refractivity contribution >= 4 is 75.9 Å². The topological polar surface area (TPSA) is 604 Å². The number of aliphatic hydroxyl groups is 8. The van der Waals surface area contributed by atoms with Gasteiger partial charge in [0.15, 0.2) is 24.5 Å². The van der Waals surface area contributed by atoms with E-state index in [4.69, 9.17) is 46.6 Å². The van der Waals surface area contributed by atoms with Gasteiger partial charge in [-0.2, -0.15) is 0 Å². The summed E-state index contributed by atoms with van der Waals surface area (Å²) in [7, 11) is 0. The zero-order valence-electron chi connectivity index (χ0n) is 53.7. The lowest BCUT2D eigenvalue weighted by molar-refractivity contribution is -0.372. The maximum absolute atomic E-state index is 15.2. The number of primary amides is 2. The summed E-state index contributed by atoms with van der Waals surface area (Å²) in [5.74, 6) is -7.91. The molecule has 1 aliphatic carbocycles. The number of anilines is 1. The van der Waals surface area contributed by atoms with Crippen LogP contribution in [-0.4, -0.2) is 266 Å². The van der Waals surface area contributed by atoms with Crippen LogP contribution in [0.1, 0.15) is 115 Å². The number of aliphatic hydroxyl groups excluding tert-OH is 8. The molecule has 4 fully saturated rings. The molecule has 38 nitrogen and oxygen atoms in total. The molecule has 40 heteroatoms. The number of β-lactam (4-membered cyclic amide) rings is 1. The van der Waals surface area contributed by atoms with E-state index in [-0.39, 0.29) is 60.4 Å². The van der Waals surface area contributed by atoms with E-state index in [1.807, 2.05) is 0 Å². The highest BCUT2D eigenvalue weighted by molar-refractivity contribution is 7.14. The summed E-state index contributed by atoms with van der Waals surface area (Å²) >= 11 is 2.54. The maximum atomic E-state index is 15.2. The number of H-pyrrole nitrogens is 1. The Bertz CT molecular complexity index is 3400. The van der Waals surface area contributed by atoms with Gasteiger partial charge >= 0.3 is 6.09 Å². The van der Waals surface area contributed by atoms with Crippen molar-refractivity contribution in [3.05, 3.63) is 56.8 Å². The minimum atomic E-state index is -2.18. The molecule has 4 aromatic rings. The largest absolute Gasteiger partial charge is 0.441 e. The van der Waals surface area contributed by atoms with Crippen LogP contribution in [0.4, 0.5) is 10.6 Å². The van der Waals surface area contributed by atoms with Gasteiger partial charge in [-0.25, -0.2) is 29.7 Å². The molecule has 0 radical (unpaired) electrons. The number of nitrogen functional groups attached to an aromatic ring is 1. The van der Waals surface area contributed by atoms with E-state index in [1.54, 1.807) is 10.8 Å². The number of nitrogens with two attached hydrogens (primary N) is 4. The highest BCUT2D eigenvalue weighted by atomic mass is 32.1. The minimum Gasteiger partial charge on any atom is -0.441 e. The van der Waals surface area contributed by atoms with Gasteiger partial charge in [-0.3, -0.25) is 33.6 Å². The number of hydrogen-bond acceptors (Lipinski definition) is 31. The number of likely N-dealkylation sites (tertiary alicyclic amines) is 1. The monoisotopic (exact) mass is 1420 g/mol. The Morgan fingerprint density at radius 3 is 2.15 bits per heavy atom. The third-order valence-corrected chi connectivity index (χ3v) is 18.9. The van der Waals surface area contributed by atoms with Gasteiger partial charge in [-0.05, 0) is 46.6 Å². The smallest absolute Gasteiger partial charge is 0.404 e. The summed E-state index contributed by atoms with van der Waals surface area (Å²) in [5.41, 5.74) is 22.8. The fourth-order valence-electron chi connectivity index (χ4n) is 11.3. The Morgan fingerprint density at radius 2 is 1.50 bits per heavy atom.